The zero-order valence-electron chi connectivity index (χ0n) is 13.7. The summed E-state index contributed by atoms with van der Waals surface area (Å²) in [6, 6.07) is 7.99. The van der Waals surface area contributed by atoms with Crippen LogP contribution in [0.2, 0.25) is 0 Å². The lowest BCUT2D eigenvalue weighted by atomic mass is 10.0. The highest BCUT2D eigenvalue weighted by molar-refractivity contribution is 6.08. The number of carboxylic acids is 1. The minimum Gasteiger partial charge on any atom is -0.480 e. The van der Waals surface area contributed by atoms with Crippen LogP contribution in [0.5, 0.6) is 0 Å². The fraction of sp³-hybridized carbons (Fsp3) is 0.211. The summed E-state index contributed by atoms with van der Waals surface area (Å²) in [5, 5.41) is 10.8. The monoisotopic (exact) mass is 354 g/mol. The number of likely N-dealkylation sites (tertiary alicyclic amines) is 1. The molecule has 6 nitrogen and oxygen atoms in total. The van der Waals surface area contributed by atoms with Gasteiger partial charge in [0.05, 0.1) is 5.39 Å². The number of hydrogen-bond acceptors (Lipinski definition) is 3. The lowest BCUT2D eigenvalue weighted by Gasteiger charge is -2.21. The van der Waals surface area contributed by atoms with Gasteiger partial charge in [0, 0.05) is 23.0 Å². The molecule has 3 aromatic rings. The Balaban J connectivity index is 1.82. The number of aromatic amines is 1. The number of hydrogen-bond donors (Lipinski definition) is 2. The van der Waals surface area contributed by atoms with Crippen LogP contribution in [0.4, 0.5) is 4.39 Å². The quantitative estimate of drug-likeness (QED) is 0.692. The largest absolute Gasteiger partial charge is 0.480 e. The molecule has 0 aliphatic carbocycles. The highest BCUT2D eigenvalue weighted by Crippen LogP contribution is 2.25. The van der Waals surface area contributed by atoms with Gasteiger partial charge in [-0.15, -0.1) is 0 Å². The predicted molar refractivity (Wildman–Crippen MR) is 93.7 cm³/mol. The molecule has 2 aromatic carbocycles. The van der Waals surface area contributed by atoms with Gasteiger partial charge in [-0.05, 0) is 42.5 Å². The van der Waals surface area contributed by atoms with Crippen molar-refractivity contribution in [3.63, 3.8) is 0 Å². The number of halogens is 1. The van der Waals surface area contributed by atoms with Gasteiger partial charge < -0.3 is 15.0 Å². The van der Waals surface area contributed by atoms with E-state index in [1.165, 1.54) is 23.1 Å². The van der Waals surface area contributed by atoms with E-state index in [-0.39, 0.29) is 11.3 Å². The van der Waals surface area contributed by atoms with Crippen LogP contribution in [0.3, 0.4) is 0 Å². The number of benzene rings is 2. The Hall–Kier alpha value is -3.22. The number of aliphatic carboxylic acids is 1. The number of amides is 1. The maximum Gasteiger partial charge on any atom is 0.326 e. The average Bonchev–Trinajstić information content (AvgIpc) is 3.11. The van der Waals surface area contributed by atoms with Crippen molar-refractivity contribution >= 4 is 33.6 Å². The Morgan fingerprint density at radius 3 is 2.65 bits per heavy atom. The summed E-state index contributed by atoms with van der Waals surface area (Å²) in [7, 11) is 0. The summed E-state index contributed by atoms with van der Waals surface area (Å²) in [5.74, 6) is -1.89. The van der Waals surface area contributed by atoms with E-state index in [9.17, 15) is 23.9 Å². The topological polar surface area (TPSA) is 90.5 Å². The van der Waals surface area contributed by atoms with Crippen molar-refractivity contribution in [1.82, 2.24) is 9.88 Å². The Labute approximate surface area is 146 Å². The van der Waals surface area contributed by atoms with Crippen molar-refractivity contribution in [3.05, 3.63) is 58.1 Å². The standard InChI is InChI=1S/C19H15FN2O4/c20-11-4-6-12-13-5-3-10(8-15(13)21-17(23)14(12)9-11)18(24)22-7-1-2-16(22)19(25)26/h3-6,8-9,16H,1-2,7H2,(H,21,23)(H,25,26)/t16-/m0/s1. The van der Waals surface area contributed by atoms with E-state index in [1.54, 1.807) is 18.2 Å². The van der Waals surface area contributed by atoms with Crippen LogP contribution in [0.25, 0.3) is 21.7 Å². The van der Waals surface area contributed by atoms with Crippen molar-refractivity contribution in [2.45, 2.75) is 18.9 Å². The van der Waals surface area contributed by atoms with Crippen LogP contribution in [-0.2, 0) is 4.79 Å². The molecule has 1 aromatic heterocycles. The highest BCUT2D eigenvalue weighted by Gasteiger charge is 2.34. The van der Waals surface area contributed by atoms with Crippen LogP contribution >= 0.6 is 0 Å². The molecule has 0 saturated carbocycles. The van der Waals surface area contributed by atoms with Crippen LogP contribution in [-0.4, -0.2) is 39.5 Å². The molecule has 0 radical (unpaired) electrons. The summed E-state index contributed by atoms with van der Waals surface area (Å²) in [6.07, 6.45) is 1.07. The van der Waals surface area contributed by atoms with Crippen LogP contribution in [0.15, 0.2) is 41.2 Å². The zero-order chi connectivity index (χ0) is 18.4. The SMILES string of the molecule is O=C(O)[C@@H]1CCCN1C(=O)c1ccc2c(c1)[nH]c(=O)c1cc(F)ccc12. The molecule has 1 aliphatic heterocycles. The first kappa shape index (κ1) is 16.3. The fourth-order valence-electron chi connectivity index (χ4n) is 3.58. The van der Waals surface area contributed by atoms with E-state index in [2.05, 4.69) is 4.98 Å². The number of aromatic nitrogens is 1. The molecule has 1 fully saturated rings. The van der Waals surface area contributed by atoms with E-state index in [1.807, 2.05) is 0 Å². The van der Waals surface area contributed by atoms with E-state index in [0.717, 1.165) is 0 Å². The zero-order valence-corrected chi connectivity index (χ0v) is 13.7. The number of H-pyrrole nitrogens is 1. The second kappa shape index (κ2) is 5.94. The molecule has 1 amide bonds. The molecule has 2 heterocycles. The predicted octanol–water partition coefficient (Wildman–Crippen LogP) is 2.51. The van der Waals surface area contributed by atoms with Crippen LogP contribution in [0, 0.1) is 5.82 Å². The van der Waals surface area contributed by atoms with Crippen molar-refractivity contribution < 1.29 is 19.1 Å². The average molecular weight is 354 g/mol. The van der Waals surface area contributed by atoms with E-state index < -0.39 is 23.4 Å². The third-order valence-electron chi connectivity index (χ3n) is 4.83. The first-order valence-electron chi connectivity index (χ1n) is 8.25. The van der Waals surface area contributed by atoms with Crippen LogP contribution in [0.1, 0.15) is 23.2 Å². The third kappa shape index (κ3) is 2.52. The van der Waals surface area contributed by atoms with Gasteiger partial charge in [-0.1, -0.05) is 12.1 Å². The summed E-state index contributed by atoms with van der Waals surface area (Å²) >= 11 is 0. The maximum absolute atomic E-state index is 13.4. The first-order chi connectivity index (χ1) is 12.5. The second-order valence-corrected chi connectivity index (χ2v) is 6.40. The summed E-state index contributed by atoms with van der Waals surface area (Å²) in [5.41, 5.74) is 0.315. The van der Waals surface area contributed by atoms with Crippen molar-refractivity contribution in [3.8, 4) is 0 Å². The van der Waals surface area contributed by atoms with E-state index in [4.69, 9.17) is 0 Å². The van der Waals surface area contributed by atoms with E-state index in [0.29, 0.717) is 41.2 Å². The number of pyridine rings is 1. The molecular weight excluding hydrogens is 339 g/mol. The summed E-state index contributed by atoms with van der Waals surface area (Å²) in [4.78, 5) is 40.3. The molecule has 1 aliphatic rings. The molecule has 7 heteroatoms. The number of fused-ring (bicyclic) bond motifs is 3. The molecule has 1 atom stereocenters. The maximum atomic E-state index is 13.4. The van der Waals surface area contributed by atoms with Gasteiger partial charge in [-0.25, -0.2) is 9.18 Å². The lowest BCUT2D eigenvalue weighted by molar-refractivity contribution is -0.141. The fourth-order valence-corrected chi connectivity index (χ4v) is 3.58. The smallest absolute Gasteiger partial charge is 0.326 e. The summed E-state index contributed by atoms with van der Waals surface area (Å²) in [6.45, 7) is 0.390. The molecular formula is C19H15FN2O4. The van der Waals surface area contributed by atoms with Gasteiger partial charge in [0.15, 0.2) is 0 Å². The Bertz CT molecular complexity index is 1120. The molecule has 26 heavy (non-hydrogen) atoms. The van der Waals surface area contributed by atoms with Crippen molar-refractivity contribution in [1.29, 1.82) is 0 Å². The molecule has 0 bridgehead atoms. The Morgan fingerprint density at radius 1 is 1.12 bits per heavy atom. The molecule has 1 saturated heterocycles. The minimum absolute atomic E-state index is 0.238. The third-order valence-corrected chi connectivity index (χ3v) is 4.83. The van der Waals surface area contributed by atoms with Gasteiger partial charge in [-0.3, -0.25) is 9.59 Å². The number of carbonyl (C=O) groups is 2. The van der Waals surface area contributed by atoms with Gasteiger partial charge in [0.25, 0.3) is 11.5 Å². The molecule has 0 unspecified atom stereocenters. The Kier molecular flexibility index (Phi) is 3.72. The Morgan fingerprint density at radius 2 is 1.88 bits per heavy atom. The number of carbonyl (C=O) groups excluding carboxylic acids is 1. The van der Waals surface area contributed by atoms with E-state index >= 15 is 0 Å². The lowest BCUT2D eigenvalue weighted by Crippen LogP contribution is -2.40. The normalized spacial score (nSPS) is 17.1. The van der Waals surface area contributed by atoms with Crippen LogP contribution < -0.4 is 5.56 Å². The molecule has 4 rings (SSSR count). The van der Waals surface area contributed by atoms with Gasteiger partial charge in [0.1, 0.15) is 11.9 Å². The molecule has 2 N–H and O–H groups in total. The molecule has 132 valence electrons. The van der Waals surface area contributed by atoms with Gasteiger partial charge in [-0.2, -0.15) is 0 Å². The summed E-state index contributed by atoms with van der Waals surface area (Å²) < 4.78 is 13.4. The number of nitrogens with zero attached hydrogens (tertiary/aromatic N) is 1. The number of rotatable bonds is 2. The number of carboxylic acid groups (broad SMARTS) is 1. The minimum atomic E-state index is -1.02. The van der Waals surface area contributed by atoms with Gasteiger partial charge in [0.2, 0.25) is 0 Å². The first-order valence-corrected chi connectivity index (χ1v) is 8.25. The highest BCUT2D eigenvalue weighted by atomic mass is 19.1. The van der Waals surface area contributed by atoms with Crippen molar-refractivity contribution in [2.24, 2.45) is 0 Å². The molecule has 0 spiro atoms. The second-order valence-electron chi connectivity index (χ2n) is 6.40. The van der Waals surface area contributed by atoms with Crippen molar-refractivity contribution in [2.75, 3.05) is 6.54 Å². The van der Waals surface area contributed by atoms with Gasteiger partial charge >= 0.3 is 5.97 Å². The number of nitrogens with one attached hydrogen (secondary N) is 1.